The second kappa shape index (κ2) is 9.32. The lowest BCUT2D eigenvalue weighted by molar-refractivity contribution is 0.114. The first-order valence-corrected chi connectivity index (χ1v) is 4.65. The summed E-state index contributed by atoms with van der Waals surface area (Å²) in [6.07, 6.45) is 1.15. The number of carbonyl (C=O) groups is 1. The molecule has 4 N–H and O–H groups in total. The molecule has 0 fully saturated rings. The molecule has 0 aliphatic carbocycles. The highest BCUT2D eigenvalue weighted by molar-refractivity contribution is 5.64. The van der Waals surface area contributed by atoms with Gasteiger partial charge in [0.25, 0.3) is 0 Å². The van der Waals surface area contributed by atoms with Crippen molar-refractivity contribution in [1.29, 1.82) is 0 Å². The number of ether oxygens (including phenoxy) is 1. The van der Waals surface area contributed by atoms with Gasteiger partial charge in [-0.2, -0.15) is 0 Å². The molecule has 0 radical (unpaired) electrons. The Morgan fingerprint density at radius 1 is 1.31 bits per heavy atom. The molecular formula is C9H22N2O2. The summed E-state index contributed by atoms with van der Waals surface area (Å²) >= 11 is 0. The fourth-order valence-corrected chi connectivity index (χ4v) is 0.282. The van der Waals surface area contributed by atoms with Crippen molar-refractivity contribution in [2.75, 3.05) is 0 Å². The van der Waals surface area contributed by atoms with Crippen LogP contribution in [0.4, 0.5) is 4.79 Å². The van der Waals surface area contributed by atoms with Crippen molar-refractivity contribution in [1.82, 2.24) is 0 Å². The summed E-state index contributed by atoms with van der Waals surface area (Å²) in [5.41, 5.74) is 10.00. The Kier molecular flexibility index (Phi) is 10.6. The Bertz CT molecular complexity index is 127. The van der Waals surface area contributed by atoms with Crippen LogP contribution in [0.2, 0.25) is 0 Å². The first-order valence-electron chi connectivity index (χ1n) is 4.65. The molecule has 4 heteroatoms. The number of rotatable bonds is 3. The summed E-state index contributed by atoms with van der Waals surface area (Å²) in [6.45, 7) is 7.79. The van der Waals surface area contributed by atoms with E-state index >= 15 is 0 Å². The molecule has 80 valence electrons. The van der Waals surface area contributed by atoms with Crippen molar-refractivity contribution in [3.05, 3.63) is 0 Å². The second-order valence-electron chi connectivity index (χ2n) is 3.04. The maximum Gasteiger partial charge on any atom is 0.404 e. The maximum absolute atomic E-state index is 9.97. The average molecular weight is 190 g/mol. The van der Waals surface area contributed by atoms with Gasteiger partial charge in [-0.25, -0.2) is 4.79 Å². The first kappa shape index (κ1) is 14.7. The van der Waals surface area contributed by atoms with Gasteiger partial charge in [-0.1, -0.05) is 13.8 Å². The standard InChI is InChI=1S/C5H11NO2.C4H11N/c1-3-4(2)8-5(6)7;1-3-4(2)5/h4H,3H2,1-2H3,(H2,6,7);4H,3,5H2,1-2H3. The van der Waals surface area contributed by atoms with Crippen molar-refractivity contribution >= 4 is 6.09 Å². The van der Waals surface area contributed by atoms with E-state index in [0.29, 0.717) is 6.04 Å². The molecule has 0 aliphatic heterocycles. The average Bonchev–Trinajstić information content (AvgIpc) is 2.04. The molecule has 0 bridgehead atoms. The number of hydrogen-bond acceptors (Lipinski definition) is 3. The van der Waals surface area contributed by atoms with Crippen molar-refractivity contribution in [2.24, 2.45) is 11.5 Å². The predicted molar refractivity (Wildman–Crippen MR) is 54.4 cm³/mol. The summed E-state index contributed by atoms with van der Waals surface area (Å²) in [4.78, 5) is 9.97. The maximum atomic E-state index is 9.97. The molecule has 0 rings (SSSR count). The summed E-state index contributed by atoms with van der Waals surface area (Å²) in [5, 5.41) is 0. The van der Waals surface area contributed by atoms with E-state index in [2.05, 4.69) is 11.7 Å². The van der Waals surface area contributed by atoms with Crippen LogP contribution in [0.1, 0.15) is 40.5 Å². The van der Waals surface area contributed by atoms with Crippen LogP contribution in [0.15, 0.2) is 0 Å². The molecule has 2 unspecified atom stereocenters. The van der Waals surface area contributed by atoms with Crippen LogP contribution in [0.25, 0.3) is 0 Å². The highest BCUT2D eigenvalue weighted by Crippen LogP contribution is 1.93. The zero-order valence-electron chi connectivity index (χ0n) is 9.04. The van der Waals surface area contributed by atoms with Crippen LogP contribution < -0.4 is 11.5 Å². The van der Waals surface area contributed by atoms with Gasteiger partial charge in [0.15, 0.2) is 0 Å². The molecule has 0 spiro atoms. The Morgan fingerprint density at radius 3 is 1.77 bits per heavy atom. The third kappa shape index (κ3) is 18.3. The molecule has 0 heterocycles. The fraction of sp³-hybridized carbons (Fsp3) is 0.889. The van der Waals surface area contributed by atoms with E-state index in [1.54, 1.807) is 6.92 Å². The van der Waals surface area contributed by atoms with E-state index in [-0.39, 0.29) is 6.10 Å². The molecule has 0 aliphatic rings. The first-order chi connectivity index (χ1) is 5.93. The smallest absolute Gasteiger partial charge is 0.404 e. The lowest BCUT2D eigenvalue weighted by atomic mass is 10.3. The van der Waals surface area contributed by atoms with Crippen LogP contribution >= 0.6 is 0 Å². The normalized spacial score (nSPS) is 13.6. The summed E-state index contributed by atoms with van der Waals surface area (Å²) in [7, 11) is 0. The van der Waals surface area contributed by atoms with E-state index in [4.69, 9.17) is 11.5 Å². The topological polar surface area (TPSA) is 78.3 Å². The largest absolute Gasteiger partial charge is 0.447 e. The van der Waals surface area contributed by atoms with Gasteiger partial charge in [0, 0.05) is 6.04 Å². The summed E-state index contributed by atoms with van der Waals surface area (Å²) < 4.78 is 4.54. The third-order valence-electron chi connectivity index (χ3n) is 1.54. The molecule has 13 heavy (non-hydrogen) atoms. The molecule has 0 saturated carbocycles. The lowest BCUT2D eigenvalue weighted by Gasteiger charge is -2.06. The van der Waals surface area contributed by atoms with E-state index in [1.807, 2.05) is 13.8 Å². The lowest BCUT2D eigenvalue weighted by Crippen LogP contribution is -2.19. The van der Waals surface area contributed by atoms with Gasteiger partial charge < -0.3 is 16.2 Å². The van der Waals surface area contributed by atoms with E-state index in [1.165, 1.54) is 0 Å². The van der Waals surface area contributed by atoms with E-state index < -0.39 is 6.09 Å². The van der Waals surface area contributed by atoms with Gasteiger partial charge in [-0.15, -0.1) is 0 Å². The minimum atomic E-state index is -0.695. The van der Waals surface area contributed by atoms with Gasteiger partial charge in [-0.05, 0) is 26.7 Å². The SMILES string of the molecule is CCC(C)N.CCC(C)OC(N)=O. The number of primary amides is 1. The zero-order valence-corrected chi connectivity index (χ0v) is 9.04. The highest BCUT2D eigenvalue weighted by atomic mass is 16.6. The van der Waals surface area contributed by atoms with Gasteiger partial charge in [0.1, 0.15) is 6.10 Å². The summed E-state index contributed by atoms with van der Waals surface area (Å²) in [5.74, 6) is 0. The Balaban J connectivity index is 0. The third-order valence-corrected chi connectivity index (χ3v) is 1.54. The van der Waals surface area contributed by atoms with Crippen LogP contribution in [-0.4, -0.2) is 18.2 Å². The molecule has 0 aromatic rings. The number of amides is 1. The van der Waals surface area contributed by atoms with Crippen LogP contribution in [-0.2, 0) is 4.74 Å². The summed E-state index contributed by atoms with van der Waals surface area (Å²) in [6, 6.07) is 0.384. The van der Waals surface area contributed by atoms with Gasteiger partial charge in [0.2, 0.25) is 0 Å². The van der Waals surface area contributed by atoms with E-state index in [9.17, 15) is 4.79 Å². The van der Waals surface area contributed by atoms with Crippen LogP contribution in [0, 0.1) is 0 Å². The predicted octanol–water partition coefficient (Wildman–Crippen LogP) is 1.62. The molecule has 2 atom stereocenters. The zero-order chi connectivity index (χ0) is 10.9. The minimum absolute atomic E-state index is 0.0486. The monoisotopic (exact) mass is 190 g/mol. The highest BCUT2D eigenvalue weighted by Gasteiger charge is 1.99. The van der Waals surface area contributed by atoms with Gasteiger partial charge in [-0.3, -0.25) is 0 Å². The number of carbonyl (C=O) groups excluding carboxylic acids is 1. The number of nitrogens with two attached hydrogens (primary N) is 2. The van der Waals surface area contributed by atoms with Crippen molar-refractivity contribution in [3.63, 3.8) is 0 Å². The Hall–Kier alpha value is -0.770. The Morgan fingerprint density at radius 2 is 1.69 bits per heavy atom. The van der Waals surface area contributed by atoms with Gasteiger partial charge in [0.05, 0.1) is 0 Å². The molecule has 0 aromatic carbocycles. The Labute approximate surface area is 80.6 Å². The molecule has 1 amide bonds. The fourth-order valence-electron chi connectivity index (χ4n) is 0.282. The molecule has 0 saturated heterocycles. The van der Waals surface area contributed by atoms with Crippen molar-refractivity contribution < 1.29 is 9.53 Å². The van der Waals surface area contributed by atoms with Crippen molar-refractivity contribution in [2.45, 2.75) is 52.7 Å². The molecular weight excluding hydrogens is 168 g/mol. The molecule has 4 nitrogen and oxygen atoms in total. The molecule has 0 aromatic heterocycles. The number of hydrogen-bond donors (Lipinski definition) is 2. The van der Waals surface area contributed by atoms with E-state index in [0.717, 1.165) is 12.8 Å². The second-order valence-corrected chi connectivity index (χ2v) is 3.04. The van der Waals surface area contributed by atoms with Crippen LogP contribution in [0.5, 0.6) is 0 Å². The van der Waals surface area contributed by atoms with Crippen LogP contribution in [0.3, 0.4) is 0 Å². The van der Waals surface area contributed by atoms with Crippen molar-refractivity contribution in [3.8, 4) is 0 Å². The minimum Gasteiger partial charge on any atom is -0.447 e. The van der Waals surface area contributed by atoms with Gasteiger partial charge >= 0.3 is 6.09 Å². The quantitative estimate of drug-likeness (QED) is 0.709.